The highest BCUT2D eigenvalue weighted by atomic mass is 79.9. The maximum atomic E-state index is 14.0. The van der Waals surface area contributed by atoms with Crippen LogP contribution in [0.4, 0.5) is 21.7 Å². The van der Waals surface area contributed by atoms with Crippen LogP contribution in [0.1, 0.15) is 47.4 Å². The Bertz CT molecular complexity index is 1480. The van der Waals surface area contributed by atoms with E-state index in [0.717, 1.165) is 23.4 Å². The Morgan fingerprint density at radius 2 is 1.88 bits per heavy atom. The second-order valence-corrected chi connectivity index (χ2v) is 11.5. The number of anilines is 3. The smallest absolute Gasteiger partial charge is 0.255 e. The van der Waals surface area contributed by atoms with E-state index in [1.807, 2.05) is 17.5 Å². The summed E-state index contributed by atoms with van der Waals surface area (Å²) in [7, 11) is 0. The molecule has 1 atom stereocenters. The highest BCUT2D eigenvalue weighted by Gasteiger charge is 2.28. The normalized spacial score (nSPS) is 13.4. The van der Waals surface area contributed by atoms with E-state index >= 15 is 0 Å². The lowest BCUT2D eigenvalue weighted by Crippen LogP contribution is -2.42. The number of pyridine rings is 3. The molecular formula is C29H31BrFN7O3S. The zero-order valence-corrected chi connectivity index (χ0v) is 25.5. The number of amides is 1. The molecule has 13 heteroatoms. The Labute approximate surface area is 255 Å². The highest BCUT2D eigenvalue weighted by molar-refractivity contribution is 9.09. The van der Waals surface area contributed by atoms with Crippen LogP contribution >= 0.6 is 27.3 Å². The zero-order chi connectivity index (χ0) is 30.1. The van der Waals surface area contributed by atoms with Gasteiger partial charge in [-0.1, -0.05) is 15.9 Å². The molecule has 42 heavy (non-hydrogen) atoms. The molecule has 0 aliphatic heterocycles. The van der Waals surface area contributed by atoms with E-state index in [-0.39, 0.29) is 12.3 Å². The molecule has 0 spiro atoms. The number of alkyl halides is 2. The van der Waals surface area contributed by atoms with Crippen molar-refractivity contribution >= 4 is 56.3 Å². The van der Waals surface area contributed by atoms with Gasteiger partial charge in [-0.3, -0.25) is 19.6 Å². The number of rotatable bonds is 11. The predicted octanol–water partition coefficient (Wildman–Crippen LogP) is 5.42. The van der Waals surface area contributed by atoms with Crippen molar-refractivity contribution in [1.82, 2.24) is 25.3 Å². The minimum Gasteiger partial charge on any atom is -0.387 e. The minimum absolute atomic E-state index is 0.0631. The molecule has 0 aromatic carbocycles. The van der Waals surface area contributed by atoms with Gasteiger partial charge in [0.15, 0.2) is 5.78 Å². The van der Waals surface area contributed by atoms with Crippen molar-refractivity contribution in [3.8, 4) is 10.6 Å². The summed E-state index contributed by atoms with van der Waals surface area (Å²) >= 11 is 4.56. The topological polar surface area (TPSA) is 142 Å². The van der Waals surface area contributed by atoms with E-state index in [1.165, 1.54) is 31.4 Å². The lowest BCUT2D eigenvalue weighted by molar-refractivity contribution is -0.00177. The molecule has 0 bridgehead atoms. The molecule has 1 fully saturated rings. The van der Waals surface area contributed by atoms with Crippen LogP contribution in [0.5, 0.6) is 0 Å². The maximum Gasteiger partial charge on any atom is 0.255 e. The number of halogens is 2. The SMILES string of the molecule is CC(C)(O)[C@H](F)CNC(=O)c1cnc(Nc2csc(-c3cccnc3)n2)cc1NC1CC1.O=C(CBr)c1cccnc1. The summed E-state index contributed by atoms with van der Waals surface area (Å²) in [5.41, 5.74) is 0.984. The van der Waals surface area contributed by atoms with Crippen LogP contribution in [-0.2, 0) is 0 Å². The molecule has 4 heterocycles. The van der Waals surface area contributed by atoms with Crippen LogP contribution < -0.4 is 16.0 Å². The molecule has 220 valence electrons. The monoisotopic (exact) mass is 655 g/mol. The van der Waals surface area contributed by atoms with E-state index in [9.17, 15) is 19.1 Å². The largest absolute Gasteiger partial charge is 0.387 e. The van der Waals surface area contributed by atoms with Gasteiger partial charge < -0.3 is 21.1 Å². The van der Waals surface area contributed by atoms with Crippen molar-refractivity contribution in [2.45, 2.75) is 44.5 Å². The number of ketones is 1. The molecule has 4 aromatic rings. The average molecular weight is 657 g/mol. The predicted molar refractivity (Wildman–Crippen MR) is 165 cm³/mol. The van der Waals surface area contributed by atoms with Gasteiger partial charge in [0.2, 0.25) is 0 Å². The summed E-state index contributed by atoms with van der Waals surface area (Å²) < 4.78 is 14.0. The van der Waals surface area contributed by atoms with Crippen molar-refractivity contribution in [2.24, 2.45) is 0 Å². The van der Waals surface area contributed by atoms with Crippen molar-refractivity contribution in [1.29, 1.82) is 0 Å². The van der Waals surface area contributed by atoms with Gasteiger partial charge in [0.25, 0.3) is 5.91 Å². The molecule has 4 N–H and O–H groups in total. The summed E-state index contributed by atoms with van der Waals surface area (Å²) in [6, 6.07) is 9.35. The number of carbonyl (C=O) groups is 2. The number of nitrogens with zero attached hydrogens (tertiary/aromatic N) is 4. The van der Waals surface area contributed by atoms with Crippen LogP contribution in [0.15, 0.2) is 66.7 Å². The Kier molecular flexibility index (Phi) is 10.7. The number of Topliss-reactive ketones (excluding diaryl/α,β-unsaturated/α-hetero) is 1. The molecule has 0 unspecified atom stereocenters. The van der Waals surface area contributed by atoms with Crippen LogP contribution in [0, 0.1) is 0 Å². The van der Waals surface area contributed by atoms with E-state index in [4.69, 9.17) is 0 Å². The third kappa shape index (κ3) is 9.10. The lowest BCUT2D eigenvalue weighted by Gasteiger charge is -2.22. The molecule has 0 saturated heterocycles. The first-order valence-electron chi connectivity index (χ1n) is 13.2. The Morgan fingerprint density at radius 3 is 2.50 bits per heavy atom. The Morgan fingerprint density at radius 1 is 1.14 bits per heavy atom. The van der Waals surface area contributed by atoms with E-state index in [1.54, 1.807) is 43.0 Å². The molecule has 5 rings (SSSR count). The average Bonchev–Trinajstić information content (AvgIpc) is 3.70. The molecule has 0 radical (unpaired) electrons. The summed E-state index contributed by atoms with van der Waals surface area (Å²) in [5.74, 6) is 0.786. The number of hydrogen-bond donors (Lipinski definition) is 4. The zero-order valence-electron chi connectivity index (χ0n) is 23.1. The van der Waals surface area contributed by atoms with Crippen molar-refractivity contribution in [3.63, 3.8) is 0 Å². The van der Waals surface area contributed by atoms with Crippen LogP contribution in [0.3, 0.4) is 0 Å². The number of nitrogens with one attached hydrogen (secondary N) is 3. The molecular weight excluding hydrogens is 625 g/mol. The van der Waals surface area contributed by atoms with Gasteiger partial charge >= 0.3 is 0 Å². The van der Waals surface area contributed by atoms with Crippen molar-refractivity contribution < 1.29 is 19.1 Å². The van der Waals surface area contributed by atoms with Crippen LogP contribution in [-0.4, -0.2) is 66.4 Å². The van der Waals surface area contributed by atoms with Gasteiger partial charge in [-0.2, -0.15) is 0 Å². The number of hydrogen-bond acceptors (Lipinski definition) is 10. The van der Waals surface area contributed by atoms with E-state index in [2.05, 4.69) is 51.8 Å². The van der Waals surface area contributed by atoms with Gasteiger partial charge in [0, 0.05) is 59.6 Å². The Balaban J connectivity index is 0.000000343. The second-order valence-electron chi connectivity index (χ2n) is 10.1. The van der Waals surface area contributed by atoms with E-state index in [0.29, 0.717) is 39.8 Å². The number of carbonyl (C=O) groups excluding carboxylic acids is 2. The quantitative estimate of drug-likeness (QED) is 0.123. The van der Waals surface area contributed by atoms with Gasteiger partial charge in [0.1, 0.15) is 22.8 Å². The van der Waals surface area contributed by atoms with Gasteiger partial charge in [0.05, 0.1) is 28.7 Å². The van der Waals surface area contributed by atoms with Crippen LogP contribution in [0.2, 0.25) is 0 Å². The molecule has 10 nitrogen and oxygen atoms in total. The molecule has 1 amide bonds. The molecule has 4 aromatic heterocycles. The van der Waals surface area contributed by atoms with Crippen molar-refractivity contribution in [2.75, 3.05) is 22.5 Å². The third-order valence-electron chi connectivity index (χ3n) is 6.07. The third-order valence-corrected chi connectivity index (χ3v) is 7.47. The van der Waals surface area contributed by atoms with Gasteiger partial charge in [-0.05, 0) is 51.0 Å². The summed E-state index contributed by atoms with van der Waals surface area (Å²) in [6.45, 7) is 2.44. The number of thiazole rings is 1. The number of aliphatic hydroxyl groups is 1. The second kappa shape index (κ2) is 14.4. The van der Waals surface area contributed by atoms with Crippen molar-refractivity contribution in [3.05, 3.63) is 77.8 Å². The van der Waals surface area contributed by atoms with Gasteiger partial charge in [-0.15, -0.1) is 11.3 Å². The fourth-order valence-electron chi connectivity index (χ4n) is 3.49. The van der Waals surface area contributed by atoms with E-state index < -0.39 is 17.7 Å². The van der Waals surface area contributed by atoms with Gasteiger partial charge in [-0.25, -0.2) is 14.4 Å². The molecule has 1 aliphatic rings. The van der Waals surface area contributed by atoms with Crippen LogP contribution in [0.25, 0.3) is 10.6 Å². The molecule has 1 saturated carbocycles. The standard InChI is InChI=1S/C22H25FN6O2S.C7H6BrNO/c1-22(2,31)17(23)11-26-20(30)15-10-25-18(8-16(15)27-14-5-6-14)28-19-12-32-21(29-19)13-4-3-7-24-9-13;8-4-7(10)6-2-1-3-9-5-6/h3-4,7-10,12,14,17,31H,5-6,11H2,1-2H3,(H,26,30)(H2,25,27,28);1-3,5H,4H2/t17-;/m1./s1. The molecule has 1 aliphatic carbocycles. The fourth-order valence-corrected chi connectivity index (χ4v) is 4.55. The fraction of sp³-hybridized carbons (Fsp3) is 0.310. The minimum atomic E-state index is -1.58. The first-order chi connectivity index (χ1) is 20.1. The summed E-state index contributed by atoms with van der Waals surface area (Å²) in [5, 5.41) is 21.9. The lowest BCUT2D eigenvalue weighted by atomic mass is 10.0. The summed E-state index contributed by atoms with van der Waals surface area (Å²) in [4.78, 5) is 40.4. The first-order valence-corrected chi connectivity index (χ1v) is 15.2. The Hall–Kier alpha value is -3.81. The summed E-state index contributed by atoms with van der Waals surface area (Å²) in [6.07, 6.45) is 8.59. The highest BCUT2D eigenvalue weighted by Crippen LogP contribution is 2.30. The first kappa shape index (κ1) is 31.1. The number of aromatic nitrogens is 4. The maximum absolute atomic E-state index is 14.0.